The van der Waals surface area contributed by atoms with Crippen LogP contribution in [0.1, 0.15) is 27.4 Å². The van der Waals surface area contributed by atoms with Gasteiger partial charge in [-0.05, 0) is 12.5 Å². The van der Waals surface area contributed by atoms with E-state index in [-0.39, 0.29) is 18.9 Å². The van der Waals surface area contributed by atoms with E-state index in [4.69, 9.17) is 37.7 Å². The predicted molar refractivity (Wildman–Crippen MR) is 180 cm³/mol. The first-order valence-electron chi connectivity index (χ1n) is 15.4. The Balaban J connectivity index is 1.25. The van der Waals surface area contributed by atoms with Crippen molar-refractivity contribution >= 4 is 34.8 Å². The minimum Gasteiger partial charge on any atom is -0.496 e. The van der Waals surface area contributed by atoms with E-state index in [0.29, 0.717) is 87.4 Å². The molecule has 3 N–H and O–H groups in total. The molecule has 0 radical (unpaired) electrons. The summed E-state index contributed by atoms with van der Waals surface area (Å²) in [5.41, 5.74) is 5.50. The molecule has 6 rings (SSSR count). The molecule has 1 amide bonds. The Labute approximate surface area is 283 Å². The fourth-order valence-corrected chi connectivity index (χ4v) is 6.68. The van der Waals surface area contributed by atoms with Crippen molar-refractivity contribution in [1.82, 2.24) is 24.8 Å². The lowest BCUT2D eigenvalue weighted by Crippen LogP contribution is -2.47. The number of benzene rings is 2. The fraction of sp³-hybridized carbons (Fsp3) is 0.353. The maximum Gasteiger partial charge on any atom is 0.274 e. The second-order valence-corrected chi connectivity index (χ2v) is 12.4. The molecule has 0 saturated carbocycles. The summed E-state index contributed by atoms with van der Waals surface area (Å²) in [6, 6.07) is 12.6. The second kappa shape index (κ2) is 14.5. The van der Waals surface area contributed by atoms with E-state index in [1.54, 1.807) is 38.6 Å². The molecule has 13 heteroatoms. The number of carbonyl (C=O) groups excluding carboxylic acids is 1. The largest absolute Gasteiger partial charge is 0.496 e. The van der Waals surface area contributed by atoms with Crippen LogP contribution in [0, 0.1) is 5.92 Å². The summed E-state index contributed by atoms with van der Waals surface area (Å²) >= 11 is 13.9. The minimum atomic E-state index is -0.433. The maximum absolute atomic E-state index is 13.5. The van der Waals surface area contributed by atoms with Crippen LogP contribution in [0.4, 0.5) is 5.69 Å². The number of aliphatic hydroxyl groups is 2. The molecular formula is C34H36Cl2N6O5. The Morgan fingerprint density at radius 1 is 1.00 bits per heavy atom. The van der Waals surface area contributed by atoms with Crippen LogP contribution >= 0.6 is 23.2 Å². The molecule has 0 unspecified atom stereocenters. The van der Waals surface area contributed by atoms with Gasteiger partial charge in [0, 0.05) is 80.1 Å². The van der Waals surface area contributed by atoms with Gasteiger partial charge in [-0.1, -0.05) is 53.5 Å². The lowest BCUT2D eigenvalue weighted by molar-refractivity contribution is 0.0462. The number of carbonyl (C=O) groups is 1. The highest BCUT2D eigenvalue weighted by atomic mass is 35.5. The molecule has 1 saturated heterocycles. The van der Waals surface area contributed by atoms with Crippen LogP contribution in [0.3, 0.4) is 0 Å². The monoisotopic (exact) mass is 678 g/mol. The van der Waals surface area contributed by atoms with E-state index >= 15 is 0 Å². The van der Waals surface area contributed by atoms with Crippen molar-refractivity contribution in [3.63, 3.8) is 0 Å². The van der Waals surface area contributed by atoms with Crippen LogP contribution in [-0.2, 0) is 19.5 Å². The Hall–Kier alpha value is -3.84. The molecule has 4 aromatic rings. The number of pyridine rings is 1. The van der Waals surface area contributed by atoms with Gasteiger partial charge in [-0.3, -0.25) is 19.6 Å². The summed E-state index contributed by atoms with van der Waals surface area (Å²) in [4.78, 5) is 31.8. The summed E-state index contributed by atoms with van der Waals surface area (Å²) in [6.45, 7) is 4.24. The van der Waals surface area contributed by atoms with Crippen molar-refractivity contribution in [2.24, 2.45) is 5.92 Å². The highest BCUT2D eigenvalue weighted by molar-refractivity contribution is 6.39. The van der Waals surface area contributed by atoms with Gasteiger partial charge in [0.2, 0.25) is 5.88 Å². The van der Waals surface area contributed by atoms with Crippen LogP contribution in [-0.4, -0.2) is 94.5 Å². The number of halogens is 2. The summed E-state index contributed by atoms with van der Waals surface area (Å²) in [5.74, 6) is 0.877. The van der Waals surface area contributed by atoms with Crippen molar-refractivity contribution in [1.29, 1.82) is 0 Å². The first kappa shape index (κ1) is 33.1. The molecule has 47 heavy (non-hydrogen) atoms. The Bertz CT molecular complexity index is 1780. The third-order valence-corrected chi connectivity index (χ3v) is 9.38. The zero-order valence-corrected chi connectivity index (χ0v) is 27.7. The minimum absolute atomic E-state index is 0.0498. The molecular weight excluding hydrogens is 643 g/mol. The number of hydrogen-bond donors (Lipinski definition) is 3. The number of β-amino-alcohol motifs (C(OH)–C–C–N with tert-alkyl or cyclic N) is 1. The summed E-state index contributed by atoms with van der Waals surface area (Å²) < 4.78 is 11.2. The molecule has 2 aliphatic heterocycles. The smallest absolute Gasteiger partial charge is 0.274 e. The zero-order valence-electron chi connectivity index (χ0n) is 26.2. The number of amides is 1. The number of nitrogens with zero attached hydrogens (tertiary/aromatic N) is 5. The van der Waals surface area contributed by atoms with Crippen LogP contribution in [0.2, 0.25) is 10.0 Å². The van der Waals surface area contributed by atoms with Crippen molar-refractivity contribution in [2.45, 2.75) is 19.5 Å². The third-order valence-electron chi connectivity index (χ3n) is 8.57. The average molecular weight is 680 g/mol. The molecule has 0 atom stereocenters. The summed E-state index contributed by atoms with van der Waals surface area (Å²) in [6.07, 6.45) is 2.39. The highest BCUT2D eigenvalue weighted by Crippen LogP contribution is 2.41. The van der Waals surface area contributed by atoms with E-state index in [1.165, 1.54) is 0 Å². The zero-order chi connectivity index (χ0) is 33.1. The van der Waals surface area contributed by atoms with Gasteiger partial charge >= 0.3 is 0 Å². The molecule has 11 nitrogen and oxygen atoms in total. The number of aliphatic hydroxyl groups excluding tert-OH is 2. The normalized spacial score (nSPS) is 15.2. The first-order chi connectivity index (χ1) is 22.8. The van der Waals surface area contributed by atoms with Crippen LogP contribution in [0.25, 0.3) is 22.4 Å². The molecule has 2 aromatic heterocycles. The molecule has 0 bridgehead atoms. The Morgan fingerprint density at radius 3 is 2.47 bits per heavy atom. The van der Waals surface area contributed by atoms with Crippen LogP contribution in [0.5, 0.6) is 11.6 Å². The summed E-state index contributed by atoms with van der Waals surface area (Å²) in [7, 11) is 3.14. The molecule has 0 aliphatic carbocycles. The number of methoxy groups -OCH3 is 2. The van der Waals surface area contributed by atoms with Crippen molar-refractivity contribution in [2.75, 3.05) is 58.9 Å². The fourth-order valence-electron chi connectivity index (χ4n) is 6.08. The van der Waals surface area contributed by atoms with Gasteiger partial charge in [-0.25, -0.2) is 9.97 Å². The number of nitrogens with one attached hydrogen (secondary N) is 1. The predicted octanol–water partition coefficient (Wildman–Crippen LogP) is 4.56. The molecule has 246 valence electrons. The third kappa shape index (κ3) is 6.92. The number of ether oxygens (including phenoxy) is 2. The van der Waals surface area contributed by atoms with Gasteiger partial charge in [0.15, 0.2) is 0 Å². The molecule has 2 aromatic carbocycles. The van der Waals surface area contributed by atoms with E-state index in [2.05, 4.69) is 25.1 Å². The number of aromatic nitrogens is 3. The number of fused-ring (bicyclic) bond motifs is 1. The Kier molecular flexibility index (Phi) is 10.2. The van der Waals surface area contributed by atoms with Gasteiger partial charge in [0.25, 0.3) is 5.91 Å². The molecule has 1 fully saturated rings. The van der Waals surface area contributed by atoms with Crippen LogP contribution in [0.15, 0.2) is 48.7 Å². The van der Waals surface area contributed by atoms with E-state index in [1.807, 2.05) is 24.3 Å². The molecule has 4 heterocycles. The van der Waals surface area contributed by atoms with Crippen LogP contribution < -0.4 is 14.8 Å². The lowest BCUT2D eigenvalue weighted by atomic mass is 10.0. The number of hydrogen-bond acceptors (Lipinski definition) is 10. The number of rotatable bonds is 11. The maximum atomic E-state index is 13.5. The SMILES string of the molecule is COc1cc(C(=O)Nc2cccc(-c3cccc(-c4cnc(CN5CC(CO)C5)c(OC)n4)c3Cl)c2Cl)nc2c1CCN(CCO)C2. The van der Waals surface area contributed by atoms with Gasteiger partial charge in [0.1, 0.15) is 17.1 Å². The van der Waals surface area contributed by atoms with E-state index < -0.39 is 5.91 Å². The van der Waals surface area contributed by atoms with Gasteiger partial charge in [-0.15, -0.1) is 0 Å². The standard InChI is InChI=1S/C34H36Cl2N6O5/c1-46-30-13-26(38-28-17-41(11-12-43)10-9-23(28)30)33(45)39-25-8-4-6-22(32(25)36)21-5-3-7-24(31(21)35)27-14-37-29(34(40-27)47-2)18-42-15-20(16-42)19-44/h3-8,13-14,20,43-44H,9-12,15-19H2,1-2H3,(H,39,45). The molecule has 2 aliphatic rings. The van der Waals surface area contributed by atoms with Crippen molar-refractivity contribution in [3.05, 3.63) is 81.4 Å². The second-order valence-electron chi connectivity index (χ2n) is 11.6. The van der Waals surface area contributed by atoms with E-state index in [0.717, 1.165) is 30.9 Å². The molecule has 0 spiro atoms. The highest BCUT2D eigenvalue weighted by Gasteiger charge is 2.28. The van der Waals surface area contributed by atoms with Gasteiger partial charge in [-0.2, -0.15) is 0 Å². The quantitative estimate of drug-likeness (QED) is 0.207. The van der Waals surface area contributed by atoms with Crippen molar-refractivity contribution < 1.29 is 24.5 Å². The topological polar surface area (TPSA) is 133 Å². The summed E-state index contributed by atoms with van der Waals surface area (Å²) in [5, 5.41) is 22.4. The Morgan fingerprint density at radius 2 is 1.74 bits per heavy atom. The van der Waals surface area contributed by atoms with Gasteiger partial charge < -0.3 is 25.0 Å². The van der Waals surface area contributed by atoms with Crippen molar-refractivity contribution in [3.8, 4) is 34.0 Å². The van der Waals surface area contributed by atoms with Gasteiger partial charge in [0.05, 0.1) is 54.1 Å². The lowest BCUT2D eigenvalue weighted by Gasteiger charge is -2.37. The van der Waals surface area contributed by atoms with E-state index in [9.17, 15) is 15.0 Å². The first-order valence-corrected chi connectivity index (χ1v) is 16.1. The average Bonchev–Trinajstić information content (AvgIpc) is 3.07. The number of anilines is 1. The number of likely N-dealkylation sites (tertiary alicyclic amines) is 1.